The minimum atomic E-state index is -0.186. The van der Waals surface area contributed by atoms with Gasteiger partial charge in [0.05, 0.1) is 5.69 Å². The molecule has 0 saturated heterocycles. The van der Waals surface area contributed by atoms with E-state index in [9.17, 15) is 4.79 Å². The Balaban J connectivity index is 1.76. The lowest BCUT2D eigenvalue weighted by atomic mass is 10.1. The summed E-state index contributed by atoms with van der Waals surface area (Å²) in [4.78, 5) is 17.5. The van der Waals surface area contributed by atoms with Crippen LogP contribution in [0.2, 0.25) is 0 Å². The molecular weight excluding hydrogens is 324 g/mol. The third-order valence-electron chi connectivity index (χ3n) is 3.57. The van der Waals surface area contributed by atoms with Gasteiger partial charge < -0.3 is 14.8 Å². The van der Waals surface area contributed by atoms with Crippen molar-refractivity contribution in [3.05, 3.63) is 58.3 Å². The van der Waals surface area contributed by atoms with Crippen LogP contribution in [0.3, 0.4) is 0 Å². The Labute approximate surface area is 144 Å². The summed E-state index contributed by atoms with van der Waals surface area (Å²) < 4.78 is 5.57. The summed E-state index contributed by atoms with van der Waals surface area (Å²) in [5, 5.41) is 12.5. The summed E-state index contributed by atoms with van der Waals surface area (Å²) >= 11 is 1.31. The molecule has 3 aromatic rings. The van der Waals surface area contributed by atoms with Gasteiger partial charge in [0.25, 0.3) is 5.91 Å². The van der Waals surface area contributed by atoms with Crippen LogP contribution in [0.15, 0.2) is 40.8 Å². The van der Waals surface area contributed by atoms with E-state index >= 15 is 0 Å². The van der Waals surface area contributed by atoms with Gasteiger partial charge in [-0.05, 0) is 50.1 Å². The molecule has 2 heterocycles. The zero-order valence-corrected chi connectivity index (χ0v) is 14.3. The molecule has 0 unspecified atom stereocenters. The van der Waals surface area contributed by atoms with Crippen LogP contribution in [0.1, 0.15) is 26.7 Å². The molecule has 124 valence electrons. The predicted molar refractivity (Wildman–Crippen MR) is 94.5 cm³/mol. The SMILES string of the molecule is Cc1ccc(-c2nc(C)c(C(=O)Nc3ccc(CCO)cc3)s2)o1. The number of benzene rings is 1. The number of carbonyl (C=O) groups is 1. The van der Waals surface area contributed by atoms with Gasteiger partial charge >= 0.3 is 0 Å². The maximum Gasteiger partial charge on any atom is 0.267 e. The van der Waals surface area contributed by atoms with Crippen LogP contribution < -0.4 is 5.32 Å². The molecule has 24 heavy (non-hydrogen) atoms. The van der Waals surface area contributed by atoms with Crippen LogP contribution >= 0.6 is 11.3 Å². The molecule has 0 radical (unpaired) electrons. The first-order valence-electron chi connectivity index (χ1n) is 7.62. The number of amides is 1. The quantitative estimate of drug-likeness (QED) is 0.739. The molecule has 0 aliphatic heterocycles. The molecular formula is C18H18N2O3S. The zero-order chi connectivity index (χ0) is 17.1. The van der Waals surface area contributed by atoms with Gasteiger partial charge in [0, 0.05) is 12.3 Å². The van der Waals surface area contributed by atoms with Gasteiger partial charge in [-0.3, -0.25) is 4.79 Å². The molecule has 0 aliphatic rings. The number of aliphatic hydroxyl groups excluding tert-OH is 1. The van der Waals surface area contributed by atoms with Crippen molar-refractivity contribution in [2.24, 2.45) is 0 Å². The summed E-state index contributed by atoms with van der Waals surface area (Å²) in [6, 6.07) is 11.2. The minimum absolute atomic E-state index is 0.112. The van der Waals surface area contributed by atoms with Crippen LogP contribution in [0.25, 0.3) is 10.8 Å². The van der Waals surface area contributed by atoms with Gasteiger partial charge in [-0.2, -0.15) is 0 Å². The van der Waals surface area contributed by atoms with Crippen LogP contribution in [-0.2, 0) is 6.42 Å². The van der Waals surface area contributed by atoms with Crippen molar-refractivity contribution >= 4 is 22.9 Å². The first-order chi connectivity index (χ1) is 11.6. The lowest BCUT2D eigenvalue weighted by Gasteiger charge is -2.05. The fourth-order valence-corrected chi connectivity index (χ4v) is 3.26. The van der Waals surface area contributed by atoms with E-state index in [-0.39, 0.29) is 12.5 Å². The predicted octanol–water partition coefficient (Wildman–Crippen LogP) is 3.81. The third kappa shape index (κ3) is 3.55. The third-order valence-corrected chi connectivity index (χ3v) is 4.74. The lowest BCUT2D eigenvalue weighted by molar-refractivity contribution is 0.103. The van der Waals surface area contributed by atoms with Gasteiger partial charge in [0.2, 0.25) is 0 Å². The number of aliphatic hydroxyl groups is 1. The van der Waals surface area contributed by atoms with E-state index in [0.717, 1.165) is 11.3 Å². The number of aryl methyl sites for hydroxylation is 2. The van der Waals surface area contributed by atoms with Gasteiger partial charge in [-0.25, -0.2) is 4.98 Å². The molecule has 2 N–H and O–H groups in total. The first-order valence-corrected chi connectivity index (χ1v) is 8.44. The van der Waals surface area contributed by atoms with Crippen molar-refractivity contribution < 1.29 is 14.3 Å². The van der Waals surface area contributed by atoms with Crippen molar-refractivity contribution in [1.82, 2.24) is 4.98 Å². The zero-order valence-electron chi connectivity index (χ0n) is 13.5. The van der Waals surface area contributed by atoms with Gasteiger partial charge in [0.15, 0.2) is 10.8 Å². The Morgan fingerprint density at radius 2 is 1.96 bits per heavy atom. The summed E-state index contributed by atoms with van der Waals surface area (Å²) in [7, 11) is 0. The van der Waals surface area contributed by atoms with Crippen molar-refractivity contribution in [3.63, 3.8) is 0 Å². The van der Waals surface area contributed by atoms with E-state index in [2.05, 4.69) is 10.3 Å². The number of hydrogen-bond acceptors (Lipinski definition) is 5. The minimum Gasteiger partial charge on any atom is -0.459 e. The van der Waals surface area contributed by atoms with E-state index < -0.39 is 0 Å². The molecule has 0 aliphatic carbocycles. The molecule has 0 atom stereocenters. The van der Waals surface area contributed by atoms with E-state index in [1.165, 1.54) is 11.3 Å². The molecule has 0 saturated carbocycles. The number of carbonyl (C=O) groups excluding carboxylic acids is 1. The van der Waals surface area contributed by atoms with Crippen molar-refractivity contribution in [2.75, 3.05) is 11.9 Å². The molecule has 1 amide bonds. The number of furan rings is 1. The topological polar surface area (TPSA) is 75.4 Å². The number of anilines is 1. The molecule has 1 aromatic carbocycles. The Kier molecular flexibility index (Phi) is 4.78. The second-order valence-electron chi connectivity index (χ2n) is 5.47. The van der Waals surface area contributed by atoms with E-state index in [4.69, 9.17) is 9.52 Å². The Morgan fingerprint density at radius 1 is 1.21 bits per heavy atom. The maximum absolute atomic E-state index is 12.5. The van der Waals surface area contributed by atoms with Crippen LogP contribution in [0, 0.1) is 13.8 Å². The number of nitrogens with zero attached hydrogens (tertiary/aromatic N) is 1. The molecule has 0 bridgehead atoms. The molecule has 2 aromatic heterocycles. The Bertz CT molecular complexity index is 850. The summed E-state index contributed by atoms with van der Waals surface area (Å²) in [6.07, 6.45) is 0.605. The number of thiazole rings is 1. The number of hydrogen-bond donors (Lipinski definition) is 2. The van der Waals surface area contributed by atoms with Gasteiger partial charge in [-0.1, -0.05) is 12.1 Å². The fourth-order valence-electron chi connectivity index (χ4n) is 2.33. The molecule has 0 spiro atoms. The van der Waals surface area contributed by atoms with E-state index in [1.807, 2.05) is 50.2 Å². The fraction of sp³-hybridized carbons (Fsp3) is 0.222. The largest absolute Gasteiger partial charge is 0.459 e. The maximum atomic E-state index is 12.5. The Morgan fingerprint density at radius 3 is 2.58 bits per heavy atom. The number of aromatic nitrogens is 1. The highest BCUT2D eigenvalue weighted by atomic mass is 32.1. The van der Waals surface area contributed by atoms with Crippen LogP contribution in [-0.4, -0.2) is 22.6 Å². The number of rotatable bonds is 5. The first kappa shape index (κ1) is 16.4. The van der Waals surface area contributed by atoms with E-state index in [0.29, 0.717) is 33.4 Å². The monoisotopic (exact) mass is 342 g/mol. The van der Waals surface area contributed by atoms with Gasteiger partial charge in [-0.15, -0.1) is 11.3 Å². The highest BCUT2D eigenvalue weighted by Gasteiger charge is 2.18. The summed E-state index contributed by atoms with van der Waals surface area (Å²) in [5.41, 5.74) is 2.42. The second-order valence-corrected chi connectivity index (χ2v) is 6.47. The van der Waals surface area contributed by atoms with Crippen molar-refractivity contribution in [3.8, 4) is 10.8 Å². The van der Waals surface area contributed by atoms with Gasteiger partial charge in [0.1, 0.15) is 10.6 Å². The van der Waals surface area contributed by atoms with Crippen LogP contribution in [0.5, 0.6) is 0 Å². The molecule has 5 nitrogen and oxygen atoms in total. The molecule has 6 heteroatoms. The lowest BCUT2D eigenvalue weighted by Crippen LogP contribution is -2.11. The van der Waals surface area contributed by atoms with Crippen molar-refractivity contribution in [1.29, 1.82) is 0 Å². The highest BCUT2D eigenvalue weighted by Crippen LogP contribution is 2.29. The average Bonchev–Trinajstić information content (AvgIpc) is 3.15. The molecule has 0 fully saturated rings. The Hall–Kier alpha value is -2.44. The smallest absolute Gasteiger partial charge is 0.267 e. The van der Waals surface area contributed by atoms with Crippen molar-refractivity contribution in [2.45, 2.75) is 20.3 Å². The standard InChI is InChI=1S/C18H18N2O3S/c1-11-3-8-15(23-11)18-19-12(2)16(24-18)17(22)20-14-6-4-13(5-7-14)9-10-21/h3-8,21H,9-10H2,1-2H3,(H,20,22). The highest BCUT2D eigenvalue weighted by molar-refractivity contribution is 7.17. The summed E-state index contributed by atoms with van der Waals surface area (Å²) in [6.45, 7) is 3.80. The number of nitrogens with one attached hydrogen (secondary N) is 1. The normalized spacial score (nSPS) is 10.8. The summed E-state index contributed by atoms with van der Waals surface area (Å²) in [5.74, 6) is 1.30. The second kappa shape index (κ2) is 6.98. The van der Waals surface area contributed by atoms with Crippen LogP contribution in [0.4, 0.5) is 5.69 Å². The average molecular weight is 342 g/mol. The van der Waals surface area contributed by atoms with E-state index in [1.54, 1.807) is 0 Å². The molecule has 3 rings (SSSR count).